The van der Waals surface area contributed by atoms with Gasteiger partial charge in [-0.05, 0) is 42.3 Å². The van der Waals surface area contributed by atoms with Gasteiger partial charge in [-0.25, -0.2) is 4.68 Å². The van der Waals surface area contributed by atoms with Crippen molar-refractivity contribution in [2.24, 2.45) is 0 Å². The summed E-state index contributed by atoms with van der Waals surface area (Å²) in [5, 5.41) is 6.00. The highest BCUT2D eigenvalue weighted by molar-refractivity contribution is 5.88. The molecule has 0 saturated carbocycles. The van der Waals surface area contributed by atoms with Crippen LogP contribution in [0.1, 0.15) is 23.7 Å². The predicted molar refractivity (Wildman–Crippen MR) is 109 cm³/mol. The highest BCUT2D eigenvalue weighted by Crippen LogP contribution is 2.20. The fraction of sp³-hybridized carbons (Fsp3) is 0.238. The first-order valence-electron chi connectivity index (χ1n) is 9.27. The number of carbonyl (C=O) groups excluding carboxylic acids is 1. The Morgan fingerprint density at radius 2 is 2.04 bits per heavy atom. The van der Waals surface area contributed by atoms with Crippen LogP contribution in [0, 0.1) is 0 Å². The molecule has 144 valence electrons. The monoisotopic (exact) mass is 377 g/mol. The second-order valence-electron chi connectivity index (χ2n) is 7.15. The van der Waals surface area contributed by atoms with E-state index in [0.29, 0.717) is 24.3 Å². The fourth-order valence-electron chi connectivity index (χ4n) is 3.67. The van der Waals surface area contributed by atoms with E-state index in [-0.39, 0.29) is 11.5 Å². The lowest BCUT2D eigenvalue weighted by Crippen LogP contribution is -2.31. The first kappa shape index (κ1) is 18.1. The van der Waals surface area contributed by atoms with Crippen molar-refractivity contribution in [3.8, 4) is 5.69 Å². The highest BCUT2D eigenvalue weighted by atomic mass is 16.1. The number of aromatic amines is 1. The van der Waals surface area contributed by atoms with Crippen LogP contribution in [-0.4, -0.2) is 27.1 Å². The van der Waals surface area contributed by atoms with Crippen LogP contribution in [0.3, 0.4) is 0 Å². The van der Waals surface area contributed by atoms with Crippen LogP contribution in [0.25, 0.3) is 5.69 Å². The number of hydrogen-bond acceptors (Lipinski definition) is 4. The van der Waals surface area contributed by atoms with Crippen LogP contribution in [0.2, 0.25) is 0 Å². The lowest BCUT2D eigenvalue weighted by atomic mass is 10.1. The average Bonchev–Trinajstić information content (AvgIpc) is 2.98. The zero-order valence-corrected chi connectivity index (χ0v) is 15.7. The van der Waals surface area contributed by atoms with Crippen LogP contribution < -0.4 is 16.6 Å². The molecule has 0 bridgehead atoms. The van der Waals surface area contributed by atoms with Crippen molar-refractivity contribution in [1.82, 2.24) is 14.7 Å². The van der Waals surface area contributed by atoms with E-state index in [0.717, 1.165) is 35.6 Å². The molecule has 1 aliphatic rings. The third-order valence-electron chi connectivity index (χ3n) is 4.91. The average molecular weight is 377 g/mol. The summed E-state index contributed by atoms with van der Waals surface area (Å²) in [5.74, 6) is -0.146. The van der Waals surface area contributed by atoms with E-state index in [1.54, 1.807) is 16.8 Å². The SMILES string of the molecule is CC(=O)Nc1cccc(-n2[nH]c3c(c2=O)CCN(Cc2cccc(N)c2)C3)c1. The molecule has 0 aliphatic carbocycles. The zero-order chi connectivity index (χ0) is 19.7. The van der Waals surface area contributed by atoms with Crippen molar-refractivity contribution < 1.29 is 4.79 Å². The van der Waals surface area contributed by atoms with Gasteiger partial charge in [0.25, 0.3) is 5.56 Å². The van der Waals surface area contributed by atoms with Gasteiger partial charge in [-0.15, -0.1) is 0 Å². The Bertz CT molecular complexity index is 1080. The predicted octanol–water partition coefficient (Wildman–Crippen LogP) is 2.26. The third kappa shape index (κ3) is 3.70. The Kier molecular flexibility index (Phi) is 4.75. The minimum Gasteiger partial charge on any atom is -0.399 e. The Labute approximate surface area is 162 Å². The van der Waals surface area contributed by atoms with Crippen molar-refractivity contribution >= 4 is 17.3 Å². The number of anilines is 2. The maximum Gasteiger partial charge on any atom is 0.274 e. The molecule has 0 fully saturated rings. The number of rotatable bonds is 4. The molecular formula is C21H23N5O2. The van der Waals surface area contributed by atoms with E-state index in [2.05, 4.69) is 21.4 Å². The van der Waals surface area contributed by atoms with E-state index in [9.17, 15) is 9.59 Å². The van der Waals surface area contributed by atoms with Gasteiger partial charge >= 0.3 is 0 Å². The molecule has 4 N–H and O–H groups in total. The van der Waals surface area contributed by atoms with Crippen LogP contribution in [-0.2, 0) is 24.3 Å². The Morgan fingerprint density at radius 1 is 1.21 bits per heavy atom. The molecule has 3 aromatic rings. The second-order valence-corrected chi connectivity index (χ2v) is 7.15. The summed E-state index contributed by atoms with van der Waals surface area (Å²) >= 11 is 0. The van der Waals surface area contributed by atoms with E-state index in [4.69, 9.17) is 5.73 Å². The number of carbonyl (C=O) groups is 1. The topological polar surface area (TPSA) is 96.1 Å². The van der Waals surface area contributed by atoms with Crippen LogP contribution >= 0.6 is 0 Å². The molecule has 0 unspecified atom stereocenters. The van der Waals surface area contributed by atoms with Gasteiger partial charge in [-0.1, -0.05) is 18.2 Å². The maximum atomic E-state index is 12.9. The van der Waals surface area contributed by atoms with E-state index in [1.165, 1.54) is 6.92 Å². The van der Waals surface area contributed by atoms with Gasteiger partial charge in [-0.2, -0.15) is 0 Å². The molecule has 7 nitrogen and oxygen atoms in total. The largest absolute Gasteiger partial charge is 0.399 e. The molecule has 0 radical (unpaired) electrons. The molecule has 4 rings (SSSR count). The number of nitrogens with one attached hydrogen (secondary N) is 2. The standard InChI is InChI=1S/C21H23N5O2/c1-14(27)23-17-6-3-7-18(11-17)26-21(28)19-8-9-25(13-20(19)24-26)12-15-4-2-5-16(22)10-15/h2-7,10-11,24H,8-9,12-13,22H2,1H3,(H,23,27). The molecule has 2 aromatic carbocycles. The molecule has 1 aliphatic heterocycles. The van der Waals surface area contributed by atoms with Gasteiger partial charge in [-0.3, -0.25) is 19.6 Å². The summed E-state index contributed by atoms with van der Waals surface area (Å²) in [5.41, 5.74) is 10.9. The Morgan fingerprint density at radius 3 is 2.82 bits per heavy atom. The maximum absolute atomic E-state index is 12.9. The zero-order valence-electron chi connectivity index (χ0n) is 15.7. The molecule has 0 atom stereocenters. The molecule has 2 heterocycles. The number of H-pyrrole nitrogens is 1. The summed E-state index contributed by atoms with van der Waals surface area (Å²) in [6, 6.07) is 15.1. The summed E-state index contributed by atoms with van der Waals surface area (Å²) in [7, 11) is 0. The quantitative estimate of drug-likeness (QED) is 0.608. The van der Waals surface area contributed by atoms with E-state index in [1.807, 2.05) is 30.3 Å². The highest BCUT2D eigenvalue weighted by Gasteiger charge is 2.23. The van der Waals surface area contributed by atoms with Gasteiger partial charge in [0.2, 0.25) is 5.91 Å². The first-order valence-corrected chi connectivity index (χ1v) is 9.27. The normalized spacial score (nSPS) is 13.9. The van der Waals surface area contributed by atoms with Crippen LogP contribution in [0.4, 0.5) is 11.4 Å². The van der Waals surface area contributed by atoms with Gasteiger partial charge in [0.1, 0.15) is 0 Å². The molecule has 1 aromatic heterocycles. The van der Waals surface area contributed by atoms with E-state index >= 15 is 0 Å². The number of aromatic nitrogens is 2. The summed E-state index contributed by atoms with van der Waals surface area (Å²) in [6.07, 6.45) is 0.700. The lowest BCUT2D eigenvalue weighted by Gasteiger charge is -2.26. The number of hydrogen-bond donors (Lipinski definition) is 3. The molecular weight excluding hydrogens is 354 g/mol. The molecule has 28 heavy (non-hydrogen) atoms. The number of amides is 1. The summed E-state index contributed by atoms with van der Waals surface area (Å²) in [6.45, 7) is 3.75. The van der Waals surface area contributed by atoms with Crippen LogP contribution in [0.15, 0.2) is 53.3 Å². The number of nitrogens with two attached hydrogens (primary N) is 1. The van der Waals surface area contributed by atoms with Crippen molar-refractivity contribution in [2.75, 3.05) is 17.6 Å². The minimum absolute atomic E-state index is 0.0291. The molecule has 1 amide bonds. The number of nitrogen functional groups attached to an aromatic ring is 1. The van der Waals surface area contributed by atoms with Crippen molar-refractivity contribution in [1.29, 1.82) is 0 Å². The van der Waals surface area contributed by atoms with Gasteiger partial charge in [0.15, 0.2) is 0 Å². The fourth-order valence-corrected chi connectivity index (χ4v) is 3.67. The van der Waals surface area contributed by atoms with Gasteiger partial charge in [0, 0.05) is 43.5 Å². The van der Waals surface area contributed by atoms with Gasteiger partial charge in [0.05, 0.1) is 11.4 Å². The lowest BCUT2D eigenvalue weighted by molar-refractivity contribution is -0.114. The number of fused-ring (bicyclic) bond motifs is 1. The third-order valence-corrected chi connectivity index (χ3v) is 4.91. The van der Waals surface area contributed by atoms with Crippen molar-refractivity contribution in [2.45, 2.75) is 26.4 Å². The summed E-state index contributed by atoms with van der Waals surface area (Å²) < 4.78 is 1.56. The Hall–Kier alpha value is -3.32. The van der Waals surface area contributed by atoms with Crippen molar-refractivity contribution in [3.63, 3.8) is 0 Å². The Balaban J connectivity index is 1.58. The minimum atomic E-state index is -0.146. The van der Waals surface area contributed by atoms with Crippen LogP contribution in [0.5, 0.6) is 0 Å². The first-order chi connectivity index (χ1) is 13.5. The van der Waals surface area contributed by atoms with Gasteiger partial charge < -0.3 is 11.1 Å². The molecule has 7 heteroatoms. The molecule has 0 saturated heterocycles. The summed E-state index contributed by atoms with van der Waals surface area (Å²) in [4.78, 5) is 26.5. The smallest absolute Gasteiger partial charge is 0.274 e. The molecule has 0 spiro atoms. The second kappa shape index (κ2) is 7.36. The number of nitrogens with zero attached hydrogens (tertiary/aromatic N) is 2. The van der Waals surface area contributed by atoms with E-state index < -0.39 is 0 Å². The van der Waals surface area contributed by atoms with Crippen molar-refractivity contribution in [3.05, 3.63) is 75.7 Å². The number of benzene rings is 2.